The summed E-state index contributed by atoms with van der Waals surface area (Å²) < 4.78 is 0. The molecule has 0 heteroatoms. The third-order valence-electron chi connectivity index (χ3n) is 1.93. The molecule has 0 nitrogen and oxygen atoms in total. The number of rotatable bonds is 0. The third kappa shape index (κ3) is 3.37. The summed E-state index contributed by atoms with van der Waals surface area (Å²) in [5, 5.41) is 0. The Morgan fingerprint density at radius 2 is 1.50 bits per heavy atom. The van der Waals surface area contributed by atoms with Crippen molar-refractivity contribution < 1.29 is 0 Å². The Morgan fingerprint density at radius 1 is 0.929 bits per heavy atom. The van der Waals surface area contributed by atoms with Crippen molar-refractivity contribution in [2.24, 2.45) is 0 Å². The molecule has 1 aliphatic rings. The first-order valence-corrected chi connectivity index (χ1v) is 5.61. The van der Waals surface area contributed by atoms with Crippen molar-refractivity contribution in [2.75, 3.05) is 0 Å². The van der Waals surface area contributed by atoms with Crippen LogP contribution < -0.4 is 0 Å². The summed E-state index contributed by atoms with van der Waals surface area (Å²) in [6, 6.07) is 8.56. The van der Waals surface area contributed by atoms with E-state index < -0.39 is 0 Å². The zero-order chi connectivity index (χ0) is 11.0. The number of fused-ring (bicyclic) bond motifs is 1. The van der Waals surface area contributed by atoms with Crippen LogP contribution in [0.3, 0.4) is 0 Å². The van der Waals surface area contributed by atoms with Gasteiger partial charge in [0.2, 0.25) is 0 Å². The van der Waals surface area contributed by atoms with Crippen LogP contribution in [0.2, 0.25) is 0 Å². The van der Waals surface area contributed by atoms with E-state index in [1.807, 2.05) is 27.7 Å². The Balaban J connectivity index is 0.000000379. The van der Waals surface area contributed by atoms with E-state index in [9.17, 15) is 0 Å². The minimum absolute atomic E-state index is 1.15. The van der Waals surface area contributed by atoms with Gasteiger partial charge in [-0.2, -0.15) is 0 Å². The van der Waals surface area contributed by atoms with Gasteiger partial charge in [-0.3, -0.25) is 0 Å². The molecule has 0 bridgehead atoms. The van der Waals surface area contributed by atoms with Crippen LogP contribution in [0.1, 0.15) is 45.7 Å². The lowest BCUT2D eigenvalue weighted by Crippen LogP contribution is -1.79. The molecular formula is C14H22. The van der Waals surface area contributed by atoms with Crippen molar-refractivity contribution in [2.45, 2.75) is 41.0 Å². The monoisotopic (exact) mass is 190 g/mol. The zero-order valence-electron chi connectivity index (χ0n) is 10.1. The van der Waals surface area contributed by atoms with Gasteiger partial charge in [0.15, 0.2) is 0 Å². The molecule has 0 radical (unpaired) electrons. The average molecular weight is 190 g/mol. The van der Waals surface area contributed by atoms with Gasteiger partial charge in [-0.05, 0) is 24.5 Å². The highest BCUT2D eigenvalue weighted by atomic mass is 14.1. The highest BCUT2D eigenvalue weighted by molar-refractivity contribution is 5.62. The molecular weight excluding hydrogens is 168 g/mol. The molecule has 0 unspecified atom stereocenters. The van der Waals surface area contributed by atoms with E-state index in [1.165, 1.54) is 16.7 Å². The lowest BCUT2D eigenvalue weighted by molar-refractivity contribution is 1.20. The molecule has 1 aromatic carbocycles. The number of allylic oxidation sites excluding steroid dienone is 1. The van der Waals surface area contributed by atoms with Crippen LogP contribution in [-0.4, -0.2) is 0 Å². The van der Waals surface area contributed by atoms with Gasteiger partial charge in [-0.15, -0.1) is 0 Å². The van der Waals surface area contributed by atoms with E-state index in [2.05, 4.69) is 37.3 Å². The average Bonchev–Trinajstić information content (AvgIpc) is 2.64. The summed E-state index contributed by atoms with van der Waals surface area (Å²) in [4.78, 5) is 0. The number of benzene rings is 1. The molecule has 0 saturated carbocycles. The van der Waals surface area contributed by atoms with Gasteiger partial charge < -0.3 is 0 Å². The maximum atomic E-state index is 2.26. The van der Waals surface area contributed by atoms with Crippen LogP contribution in [0.4, 0.5) is 0 Å². The Bertz CT molecular complexity index is 282. The lowest BCUT2D eigenvalue weighted by atomic mass is 10.1. The van der Waals surface area contributed by atoms with Crippen molar-refractivity contribution in [1.82, 2.24) is 0 Å². The van der Waals surface area contributed by atoms with Gasteiger partial charge in [-0.1, -0.05) is 63.6 Å². The molecule has 2 rings (SSSR count). The topological polar surface area (TPSA) is 0 Å². The molecule has 0 N–H and O–H groups in total. The zero-order valence-corrected chi connectivity index (χ0v) is 10.1. The first-order valence-electron chi connectivity index (χ1n) is 5.61. The van der Waals surface area contributed by atoms with E-state index in [1.54, 1.807) is 0 Å². The van der Waals surface area contributed by atoms with Gasteiger partial charge in [0.05, 0.1) is 0 Å². The summed E-state index contributed by atoms with van der Waals surface area (Å²) in [6.07, 6.45) is 3.41. The minimum atomic E-state index is 1.15. The van der Waals surface area contributed by atoms with Crippen LogP contribution >= 0.6 is 0 Å². The second kappa shape index (κ2) is 7.37. The van der Waals surface area contributed by atoms with E-state index in [0.717, 1.165) is 6.42 Å². The number of hydrogen-bond donors (Lipinski definition) is 0. The lowest BCUT2D eigenvalue weighted by Gasteiger charge is -1.93. The van der Waals surface area contributed by atoms with Crippen molar-refractivity contribution in [3.05, 3.63) is 41.0 Å². The molecule has 0 spiro atoms. The minimum Gasteiger partial charge on any atom is -0.0683 e. The molecule has 1 aromatic rings. The standard InChI is InChI=1S/C10H10.2C2H6/c1-8-6-9-4-2-3-5-10(9)7-8;2*1-2/h2-6H,7H2,1H3;2*1-2H3. The summed E-state index contributed by atoms with van der Waals surface area (Å²) in [5.41, 5.74) is 4.35. The highest BCUT2D eigenvalue weighted by Crippen LogP contribution is 2.23. The molecule has 14 heavy (non-hydrogen) atoms. The molecule has 0 aromatic heterocycles. The van der Waals surface area contributed by atoms with E-state index in [-0.39, 0.29) is 0 Å². The normalized spacial score (nSPS) is 11.4. The highest BCUT2D eigenvalue weighted by Gasteiger charge is 2.06. The largest absolute Gasteiger partial charge is 0.0683 e. The predicted molar refractivity (Wildman–Crippen MR) is 66.5 cm³/mol. The molecule has 0 saturated heterocycles. The molecule has 0 atom stereocenters. The van der Waals surface area contributed by atoms with E-state index in [4.69, 9.17) is 0 Å². The van der Waals surface area contributed by atoms with Crippen molar-refractivity contribution in [3.8, 4) is 0 Å². The van der Waals surface area contributed by atoms with Crippen LogP contribution in [0.25, 0.3) is 6.08 Å². The first-order chi connectivity index (χ1) is 6.86. The van der Waals surface area contributed by atoms with Crippen molar-refractivity contribution in [3.63, 3.8) is 0 Å². The molecule has 0 amide bonds. The van der Waals surface area contributed by atoms with Crippen LogP contribution in [0.15, 0.2) is 29.8 Å². The Labute approximate surface area is 88.7 Å². The van der Waals surface area contributed by atoms with Crippen LogP contribution in [0, 0.1) is 0 Å². The third-order valence-corrected chi connectivity index (χ3v) is 1.93. The Kier molecular flexibility index (Phi) is 6.82. The molecule has 0 aliphatic heterocycles. The predicted octanol–water partition coefficient (Wildman–Crippen LogP) is 4.70. The van der Waals surface area contributed by atoms with Gasteiger partial charge in [0, 0.05) is 0 Å². The van der Waals surface area contributed by atoms with Crippen molar-refractivity contribution >= 4 is 6.08 Å². The first kappa shape index (κ1) is 13.0. The van der Waals surface area contributed by atoms with E-state index in [0.29, 0.717) is 0 Å². The fourth-order valence-electron chi connectivity index (χ4n) is 1.45. The van der Waals surface area contributed by atoms with Gasteiger partial charge in [-0.25, -0.2) is 0 Å². The van der Waals surface area contributed by atoms with Crippen molar-refractivity contribution in [1.29, 1.82) is 0 Å². The van der Waals surface area contributed by atoms with E-state index >= 15 is 0 Å². The quantitative estimate of drug-likeness (QED) is 0.556. The fraction of sp³-hybridized carbons (Fsp3) is 0.429. The molecule has 0 heterocycles. The van der Waals surface area contributed by atoms with Gasteiger partial charge >= 0.3 is 0 Å². The van der Waals surface area contributed by atoms with Crippen LogP contribution in [-0.2, 0) is 6.42 Å². The SMILES string of the molecule is CC.CC.CC1=Cc2ccccc2C1. The van der Waals surface area contributed by atoms with Crippen LogP contribution in [0.5, 0.6) is 0 Å². The molecule has 0 fully saturated rings. The smallest absolute Gasteiger partial charge is 0.00606 e. The van der Waals surface area contributed by atoms with Gasteiger partial charge in [0.1, 0.15) is 0 Å². The number of hydrogen-bond acceptors (Lipinski definition) is 0. The maximum absolute atomic E-state index is 2.26. The summed E-state index contributed by atoms with van der Waals surface area (Å²) in [5.74, 6) is 0. The van der Waals surface area contributed by atoms with Gasteiger partial charge in [0.25, 0.3) is 0 Å². The fourth-order valence-corrected chi connectivity index (χ4v) is 1.45. The summed E-state index contributed by atoms with van der Waals surface area (Å²) in [6.45, 7) is 10.2. The maximum Gasteiger partial charge on any atom is -0.00606 e. The second-order valence-electron chi connectivity index (χ2n) is 2.87. The summed E-state index contributed by atoms with van der Waals surface area (Å²) >= 11 is 0. The Hall–Kier alpha value is -1.04. The summed E-state index contributed by atoms with van der Waals surface area (Å²) in [7, 11) is 0. The second-order valence-corrected chi connectivity index (χ2v) is 2.87. The Morgan fingerprint density at radius 3 is 2.07 bits per heavy atom. The molecule has 78 valence electrons. The molecule has 1 aliphatic carbocycles.